The first-order chi connectivity index (χ1) is 12.5. The molecule has 1 aliphatic carbocycles. The summed E-state index contributed by atoms with van der Waals surface area (Å²) < 4.78 is 15.1. The van der Waals surface area contributed by atoms with Crippen LogP contribution in [0.5, 0.6) is 0 Å². The minimum absolute atomic E-state index is 0.118. The Morgan fingerprint density at radius 3 is 2.77 bits per heavy atom. The molecule has 26 heavy (non-hydrogen) atoms. The number of hydrogen-bond acceptors (Lipinski definition) is 3. The van der Waals surface area contributed by atoms with Crippen LogP contribution in [0, 0.1) is 11.2 Å². The molecule has 134 valence electrons. The molecule has 0 fully saturated rings. The number of hydrogen-bond donors (Lipinski definition) is 1. The van der Waals surface area contributed by atoms with Crippen molar-refractivity contribution in [3.8, 4) is 5.69 Å². The van der Waals surface area contributed by atoms with Gasteiger partial charge in [0.25, 0.3) is 0 Å². The van der Waals surface area contributed by atoms with Crippen molar-refractivity contribution in [1.82, 2.24) is 9.78 Å². The number of nitrogens with zero attached hydrogens (tertiary/aromatic N) is 2. The van der Waals surface area contributed by atoms with Crippen LogP contribution in [-0.2, 0) is 6.42 Å². The molecule has 2 aromatic heterocycles. The minimum Gasteiger partial charge on any atom is -0.388 e. The first-order valence-electron chi connectivity index (χ1n) is 8.69. The van der Waals surface area contributed by atoms with Crippen molar-refractivity contribution >= 4 is 17.4 Å². The van der Waals surface area contributed by atoms with Gasteiger partial charge in [0.1, 0.15) is 5.82 Å². The highest BCUT2D eigenvalue weighted by Gasteiger charge is 2.35. The number of rotatable bonds is 4. The zero-order valence-electron chi connectivity index (χ0n) is 14.8. The van der Waals surface area contributed by atoms with Crippen molar-refractivity contribution in [3.63, 3.8) is 0 Å². The molecule has 0 saturated carbocycles. The number of fused-ring (bicyclic) bond motifs is 1. The van der Waals surface area contributed by atoms with Gasteiger partial charge in [-0.05, 0) is 72.5 Å². The quantitative estimate of drug-likeness (QED) is 0.690. The van der Waals surface area contributed by atoms with E-state index in [1.807, 2.05) is 28.4 Å². The first kappa shape index (κ1) is 17.2. The Labute approximate surface area is 156 Å². The van der Waals surface area contributed by atoms with Gasteiger partial charge in [-0.3, -0.25) is 0 Å². The summed E-state index contributed by atoms with van der Waals surface area (Å²) in [4.78, 5) is 1.01. The summed E-state index contributed by atoms with van der Waals surface area (Å²) in [5.74, 6) is -0.253. The van der Waals surface area contributed by atoms with E-state index in [9.17, 15) is 9.50 Å². The molecule has 1 unspecified atom stereocenters. The molecule has 4 rings (SSSR count). The molecular weight excluding hydrogens is 347 g/mol. The molecule has 0 spiro atoms. The van der Waals surface area contributed by atoms with Crippen LogP contribution in [0.25, 0.3) is 11.8 Å². The van der Waals surface area contributed by atoms with Crippen molar-refractivity contribution in [2.24, 2.45) is 5.41 Å². The number of aliphatic hydroxyl groups is 1. The van der Waals surface area contributed by atoms with Crippen LogP contribution >= 0.6 is 11.3 Å². The second-order valence-corrected chi connectivity index (χ2v) is 8.22. The normalized spacial score (nSPS) is 20.5. The molecule has 3 aromatic rings. The average molecular weight is 368 g/mol. The van der Waals surface area contributed by atoms with Crippen LogP contribution in [0.2, 0.25) is 0 Å². The second kappa shape index (κ2) is 6.49. The molecule has 3 nitrogen and oxygen atoms in total. The van der Waals surface area contributed by atoms with Gasteiger partial charge in [-0.1, -0.05) is 18.6 Å². The number of aliphatic hydroxyl groups excluding tert-OH is 1. The van der Waals surface area contributed by atoms with Gasteiger partial charge in [0, 0.05) is 4.88 Å². The Hall–Kier alpha value is -2.24. The van der Waals surface area contributed by atoms with Crippen molar-refractivity contribution in [3.05, 3.63) is 75.5 Å². The van der Waals surface area contributed by atoms with Crippen molar-refractivity contribution < 1.29 is 9.50 Å². The zero-order valence-corrected chi connectivity index (χ0v) is 15.6. The molecule has 1 aliphatic rings. The minimum atomic E-state index is -0.461. The fraction of sp³-hybridized carbons (Fsp3) is 0.286. The summed E-state index contributed by atoms with van der Waals surface area (Å²) in [5, 5.41) is 17.1. The van der Waals surface area contributed by atoms with Gasteiger partial charge in [-0.2, -0.15) is 5.10 Å². The van der Waals surface area contributed by atoms with E-state index in [4.69, 9.17) is 0 Å². The number of allylic oxidation sites excluding steroid dienone is 1. The molecule has 0 amide bonds. The SMILES string of the molecule is CC1=Cc2c(cnn2-c2ccc(F)cc2)C[C@]1(C)CC(O)c1cccs1. The first-order valence-corrected chi connectivity index (χ1v) is 9.57. The van der Waals surface area contributed by atoms with Gasteiger partial charge >= 0.3 is 0 Å². The van der Waals surface area contributed by atoms with Crippen LogP contribution in [0.15, 0.2) is 53.5 Å². The molecular formula is C21H21FN2OS. The number of benzene rings is 1. The van der Waals surface area contributed by atoms with Crippen molar-refractivity contribution in [2.45, 2.75) is 32.8 Å². The Kier molecular flexibility index (Phi) is 4.29. The van der Waals surface area contributed by atoms with Crippen LogP contribution in [0.4, 0.5) is 4.39 Å². The Morgan fingerprint density at radius 2 is 2.08 bits per heavy atom. The largest absolute Gasteiger partial charge is 0.388 e. The summed E-state index contributed by atoms with van der Waals surface area (Å²) in [6.07, 6.45) is 5.08. The lowest BCUT2D eigenvalue weighted by molar-refractivity contribution is 0.124. The van der Waals surface area contributed by atoms with Gasteiger partial charge in [-0.15, -0.1) is 11.3 Å². The van der Waals surface area contributed by atoms with Crippen LogP contribution in [-0.4, -0.2) is 14.9 Å². The highest BCUT2D eigenvalue weighted by Crippen LogP contribution is 2.44. The Balaban J connectivity index is 1.64. The number of thiophene rings is 1. The number of aromatic nitrogens is 2. The molecule has 1 aromatic carbocycles. The third kappa shape index (κ3) is 3.02. The lowest BCUT2D eigenvalue weighted by Gasteiger charge is -2.35. The van der Waals surface area contributed by atoms with E-state index >= 15 is 0 Å². The van der Waals surface area contributed by atoms with E-state index < -0.39 is 6.10 Å². The van der Waals surface area contributed by atoms with Crippen LogP contribution in [0.1, 0.15) is 42.5 Å². The average Bonchev–Trinajstić information content (AvgIpc) is 3.26. The summed E-state index contributed by atoms with van der Waals surface area (Å²) in [7, 11) is 0. The molecule has 1 N–H and O–H groups in total. The smallest absolute Gasteiger partial charge is 0.123 e. The van der Waals surface area contributed by atoms with Gasteiger partial charge < -0.3 is 5.11 Å². The van der Waals surface area contributed by atoms with Gasteiger partial charge in [-0.25, -0.2) is 9.07 Å². The van der Waals surface area contributed by atoms with Crippen molar-refractivity contribution in [1.29, 1.82) is 0 Å². The van der Waals surface area contributed by atoms with Crippen LogP contribution in [0.3, 0.4) is 0 Å². The summed E-state index contributed by atoms with van der Waals surface area (Å²) in [6, 6.07) is 10.3. The summed E-state index contributed by atoms with van der Waals surface area (Å²) in [6.45, 7) is 4.32. The zero-order chi connectivity index (χ0) is 18.3. The fourth-order valence-electron chi connectivity index (χ4n) is 3.65. The van der Waals surface area contributed by atoms with Gasteiger partial charge in [0.15, 0.2) is 0 Å². The van der Waals surface area contributed by atoms with E-state index in [-0.39, 0.29) is 11.2 Å². The monoisotopic (exact) mass is 368 g/mol. The third-order valence-corrected chi connectivity index (χ3v) is 6.33. The predicted octanol–water partition coefficient (Wildman–Crippen LogP) is 5.16. The molecule has 0 saturated heterocycles. The Morgan fingerprint density at radius 1 is 1.31 bits per heavy atom. The molecule has 2 heterocycles. The second-order valence-electron chi connectivity index (χ2n) is 7.24. The maximum atomic E-state index is 13.2. The molecule has 0 aliphatic heterocycles. The molecule has 2 atom stereocenters. The lowest BCUT2D eigenvalue weighted by atomic mass is 9.70. The standard InChI is InChI=1S/C21H21FN2OS/c1-14-10-18-15(13-23-24(18)17-7-5-16(22)6-8-17)11-21(14,2)12-19(25)20-4-3-9-26-20/h3-10,13,19,25H,11-12H2,1-2H3/t19?,21-/m1/s1. The molecule has 5 heteroatoms. The molecule has 0 bridgehead atoms. The van der Waals surface area contributed by atoms with E-state index in [0.717, 1.165) is 28.2 Å². The Bertz CT molecular complexity index is 943. The topological polar surface area (TPSA) is 38.0 Å². The molecule has 0 radical (unpaired) electrons. The van der Waals surface area contributed by atoms with Gasteiger partial charge in [0.2, 0.25) is 0 Å². The highest BCUT2D eigenvalue weighted by atomic mass is 32.1. The predicted molar refractivity (Wildman–Crippen MR) is 103 cm³/mol. The maximum Gasteiger partial charge on any atom is 0.123 e. The van der Waals surface area contributed by atoms with Crippen LogP contribution < -0.4 is 0 Å². The highest BCUT2D eigenvalue weighted by molar-refractivity contribution is 7.10. The van der Waals surface area contributed by atoms with Gasteiger partial charge in [0.05, 0.1) is 23.7 Å². The van der Waals surface area contributed by atoms with E-state index in [1.165, 1.54) is 17.7 Å². The summed E-state index contributed by atoms with van der Waals surface area (Å²) in [5.41, 5.74) is 4.15. The number of halogens is 1. The maximum absolute atomic E-state index is 13.2. The third-order valence-electron chi connectivity index (χ3n) is 5.36. The van der Waals surface area contributed by atoms with E-state index in [0.29, 0.717) is 6.42 Å². The fourth-order valence-corrected chi connectivity index (χ4v) is 4.36. The summed E-state index contributed by atoms with van der Waals surface area (Å²) >= 11 is 1.59. The van der Waals surface area contributed by atoms with E-state index in [1.54, 1.807) is 23.5 Å². The van der Waals surface area contributed by atoms with Crippen molar-refractivity contribution in [2.75, 3.05) is 0 Å². The lowest BCUT2D eigenvalue weighted by Crippen LogP contribution is -2.27. The van der Waals surface area contributed by atoms with E-state index in [2.05, 4.69) is 25.0 Å².